The maximum atomic E-state index is 2.44. The van der Waals surface area contributed by atoms with Crippen molar-refractivity contribution < 1.29 is 0 Å². The predicted octanol–water partition coefficient (Wildman–Crippen LogP) is 9.22. The van der Waals surface area contributed by atoms with E-state index in [0.717, 1.165) is 6.42 Å². The van der Waals surface area contributed by atoms with Gasteiger partial charge in [0.2, 0.25) is 0 Å². The molecule has 0 N–H and O–H groups in total. The molecule has 2 rings (SSSR count). The van der Waals surface area contributed by atoms with Crippen LogP contribution in [-0.2, 0) is 28.1 Å². The van der Waals surface area contributed by atoms with Crippen LogP contribution in [0.2, 0.25) is 0 Å². The van der Waals surface area contributed by atoms with Crippen molar-refractivity contribution in [2.45, 2.75) is 124 Å². The lowest BCUT2D eigenvalue weighted by Gasteiger charge is -2.39. The average Bonchev–Trinajstić information content (AvgIpc) is 2.57. The fourth-order valence-corrected chi connectivity index (χ4v) is 4.85. The highest BCUT2D eigenvalue weighted by Gasteiger charge is 2.34. The molecular weight excluding hydrogens is 372 g/mol. The molecule has 172 valence electrons. The van der Waals surface area contributed by atoms with Crippen LogP contribution in [0, 0.1) is 0 Å². The molecule has 0 radical (unpaired) electrons. The summed E-state index contributed by atoms with van der Waals surface area (Å²) in [6.45, 7) is 30.6. The topological polar surface area (TPSA) is 0 Å². The van der Waals surface area contributed by atoms with Crippen molar-refractivity contribution in [3.8, 4) is 0 Å². The van der Waals surface area contributed by atoms with Crippen molar-refractivity contribution in [1.82, 2.24) is 0 Å². The van der Waals surface area contributed by atoms with Crippen LogP contribution < -0.4 is 0 Å². The first-order valence-corrected chi connectivity index (χ1v) is 12.1. The van der Waals surface area contributed by atoms with Crippen LogP contribution in [0.15, 0.2) is 36.4 Å². The molecule has 0 aromatic heterocycles. The second kappa shape index (κ2) is 8.42. The largest absolute Gasteiger partial charge is 0.0587 e. The Hall–Kier alpha value is -1.56. The van der Waals surface area contributed by atoms with Crippen molar-refractivity contribution in [2.75, 3.05) is 0 Å². The van der Waals surface area contributed by atoms with E-state index in [-0.39, 0.29) is 21.7 Å². The minimum absolute atomic E-state index is 0.101. The van der Waals surface area contributed by atoms with Crippen molar-refractivity contribution in [2.24, 2.45) is 0 Å². The molecular formula is C31H48. The van der Waals surface area contributed by atoms with E-state index in [1.54, 1.807) is 11.1 Å². The fraction of sp³-hybridized carbons (Fsp3) is 0.613. The molecule has 0 heteroatoms. The lowest BCUT2D eigenvalue weighted by molar-refractivity contribution is 0.490. The van der Waals surface area contributed by atoms with E-state index in [4.69, 9.17) is 0 Å². The molecule has 0 aliphatic carbocycles. The number of hydrogen-bond acceptors (Lipinski definition) is 0. The summed E-state index contributed by atoms with van der Waals surface area (Å²) in [5.74, 6) is 0.477. The highest BCUT2D eigenvalue weighted by Crippen LogP contribution is 2.44. The Kier molecular flexibility index (Phi) is 6.98. The molecule has 0 heterocycles. The van der Waals surface area contributed by atoms with Gasteiger partial charge in [0, 0.05) is 0 Å². The molecule has 0 aliphatic heterocycles. The van der Waals surface area contributed by atoms with Crippen molar-refractivity contribution in [3.63, 3.8) is 0 Å². The Morgan fingerprint density at radius 3 is 1.42 bits per heavy atom. The molecule has 0 bridgehead atoms. The van der Waals surface area contributed by atoms with Crippen LogP contribution in [-0.4, -0.2) is 0 Å². The normalized spacial score (nSPS) is 14.6. The number of benzene rings is 2. The zero-order valence-corrected chi connectivity index (χ0v) is 22.7. The van der Waals surface area contributed by atoms with Crippen LogP contribution in [0.3, 0.4) is 0 Å². The van der Waals surface area contributed by atoms with Gasteiger partial charge < -0.3 is 0 Å². The minimum atomic E-state index is 0.101. The molecule has 31 heavy (non-hydrogen) atoms. The quantitative estimate of drug-likeness (QED) is 0.464. The average molecular weight is 421 g/mol. The summed E-state index contributed by atoms with van der Waals surface area (Å²) < 4.78 is 0. The van der Waals surface area contributed by atoms with Gasteiger partial charge in [0.05, 0.1) is 0 Å². The Bertz CT molecular complexity index is 882. The zero-order valence-electron chi connectivity index (χ0n) is 22.7. The molecule has 2 aromatic carbocycles. The smallest absolute Gasteiger partial charge is 0.0126 e. The Morgan fingerprint density at radius 1 is 0.548 bits per heavy atom. The molecule has 0 saturated carbocycles. The summed E-state index contributed by atoms with van der Waals surface area (Å²) in [5.41, 5.74) is 9.51. The fourth-order valence-electron chi connectivity index (χ4n) is 4.85. The molecule has 1 unspecified atom stereocenters. The molecule has 1 atom stereocenters. The molecule has 0 aliphatic rings. The Labute approximate surface area is 193 Å². The highest BCUT2D eigenvalue weighted by atomic mass is 14.4. The summed E-state index contributed by atoms with van der Waals surface area (Å²) in [6.07, 6.45) is 1.08. The van der Waals surface area contributed by atoms with E-state index in [1.807, 2.05) is 0 Å². The van der Waals surface area contributed by atoms with Gasteiger partial charge in [-0.25, -0.2) is 0 Å². The summed E-state index contributed by atoms with van der Waals surface area (Å²) in [5, 5.41) is 0. The van der Waals surface area contributed by atoms with Gasteiger partial charge in [0.1, 0.15) is 0 Å². The third-order valence-corrected chi connectivity index (χ3v) is 6.44. The lowest BCUT2D eigenvalue weighted by atomic mass is 9.66. The lowest BCUT2D eigenvalue weighted by Crippen LogP contribution is -2.30. The second-order valence-electron chi connectivity index (χ2n) is 13.8. The summed E-state index contributed by atoms with van der Waals surface area (Å²) in [4.78, 5) is 0. The van der Waals surface area contributed by atoms with Gasteiger partial charge >= 0.3 is 0 Å². The first-order valence-electron chi connectivity index (χ1n) is 12.1. The zero-order chi connectivity index (χ0) is 24.0. The maximum absolute atomic E-state index is 2.44. The minimum Gasteiger partial charge on any atom is -0.0587 e. The van der Waals surface area contributed by atoms with Gasteiger partial charge in [-0.1, -0.05) is 126 Å². The van der Waals surface area contributed by atoms with Crippen molar-refractivity contribution in [3.05, 3.63) is 69.8 Å². The van der Waals surface area contributed by atoms with E-state index in [2.05, 4.69) is 126 Å². The molecule has 0 saturated heterocycles. The third kappa shape index (κ3) is 6.03. The van der Waals surface area contributed by atoms with Crippen LogP contribution >= 0.6 is 0 Å². The van der Waals surface area contributed by atoms with Crippen molar-refractivity contribution >= 4 is 0 Å². The summed E-state index contributed by atoms with van der Waals surface area (Å²) in [6, 6.07) is 14.2. The molecule has 0 fully saturated rings. The first kappa shape index (κ1) is 25.7. The monoisotopic (exact) mass is 420 g/mol. The second-order valence-corrected chi connectivity index (χ2v) is 13.8. The van der Waals surface area contributed by atoms with Crippen LogP contribution in [0.4, 0.5) is 0 Å². The molecule has 0 amide bonds. The predicted molar refractivity (Wildman–Crippen MR) is 140 cm³/mol. The van der Waals surface area contributed by atoms with E-state index in [1.165, 1.54) is 22.3 Å². The van der Waals surface area contributed by atoms with E-state index < -0.39 is 0 Å². The Morgan fingerprint density at radius 2 is 1.03 bits per heavy atom. The SMILES string of the molecule is CC(Cc1ccc(C(C)(C)C)cc1)c1ccc(C(C)(C)C)c(C(C)(C)C)c1C(C)(C)C. The van der Waals surface area contributed by atoms with Gasteiger partial charge in [-0.05, 0) is 67.4 Å². The van der Waals surface area contributed by atoms with Crippen LogP contribution in [0.25, 0.3) is 0 Å². The summed E-state index contributed by atoms with van der Waals surface area (Å²) in [7, 11) is 0. The standard InChI is InChI=1S/C31H48/c1-21(20-22-14-16-23(17-15-22)28(2,3)4)24-18-19-25(29(5,6)7)27(31(11,12)13)26(24)30(8,9)10/h14-19,21H,20H2,1-13H3. The van der Waals surface area contributed by atoms with Crippen LogP contribution in [0.5, 0.6) is 0 Å². The van der Waals surface area contributed by atoms with Gasteiger partial charge in [-0.2, -0.15) is 0 Å². The molecule has 0 nitrogen and oxygen atoms in total. The highest BCUT2D eigenvalue weighted by molar-refractivity contribution is 5.52. The van der Waals surface area contributed by atoms with Gasteiger partial charge in [-0.3, -0.25) is 0 Å². The van der Waals surface area contributed by atoms with Gasteiger partial charge in [0.25, 0.3) is 0 Å². The number of rotatable bonds is 3. The number of hydrogen-bond donors (Lipinski definition) is 0. The van der Waals surface area contributed by atoms with Crippen molar-refractivity contribution in [1.29, 1.82) is 0 Å². The van der Waals surface area contributed by atoms with Gasteiger partial charge in [-0.15, -0.1) is 0 Å². The van der Waals surface area contributed by atoms with E-state index in [9.17, 15) is 0 Å². The Balaban J connectivity index is 2.60. The van der Waals surface area contributed by atoms with Gasteiger partial charge in [0.15, 0.2) is 0 Å². The molecule has 2 aromatic rings. The first-order chi connectivity index (χ1) is 13.8. The van der Waals surface area contributed by atoms with Crippen LogP contribution in [0.1, 0.15) is 129 Å². The van der Waals surface area contributed by atoms with E-state index >= 15 is 0 Å². The molecule has 0 spiro atoms. The third-order valence-electron chi connectivity index (χ3n) is 6.44. The van der Waals surface area contributed by atoms with E-state index in [0.29, 0.717) is 5.92 Å². The summed E-state index contributed by atoms with van der Waals surface area (Å²) >= 11 is 0. The maximum Gasteiger partial charge on any atom is -0.0126 e.